The Labute approximate surface area is 134 Å². The third-order valence-corrected chi connectivity index (χ3v) is 5.14. The molecular weight excluding hydrogens is 300 g/mol. The Morgan fingerprint density at radius 2 is 2.10 bits per heavy atom. The molecule has 0 aliphatic heterocycles. The lowest BCUT2D eigenvalue weighted by Gasteiger charge is -2.14. The van der Waals surface area contributed by atoms with Crippen molar-refractivity contribution in [2.75, 3.05) is 0 Å². The van der Waals surface area contributed by atoms with Gasteiger partial charge < -0.3 is 5.32 Å². The molecule has 0 aliphatic carbocycles. The molecule has 0 aromatic carbocycles. The van der Waals surface area contributed by atoms with Gasteiger partial charge in [-0.3, -0.25) is 4.79 Å². The maximum absolute atomic E-state index is 12.0. The summed E-state index contributed by atoms with van der Waals surface area (Å²) in [5.74, 6) is 0.741. The second-order valence-corrected chi connectivity index (χ2v) is 7.54. The smallest absolute Gasteiger partial charge is 0.226 e. The molecule has 2 aromatic heterocycles. The molecule has 0 radical (unpaired) electrons. The van der Waals surface area contributed by atoms with Crippen LogP contribution in [-0.2, 0) is 11.2 Å². The van der Waals surface area contributed by atoms with Crippen molar-refractivity contribution in [1.82, 2.24) is 10.3 Å². The number of thiophene rings is 1. The molecule has 0 fully saturated rings. The number of nitrogens with one attached hydrogen (secondary N) is 1. The topological polar surface area (TPSA) is 42.0 Å². The highest BCUT2D eigenvalue weighted by Gasteiger charge is 2.12. The maximum Gasteiger partial charge on any atom is 0.226 e. The summed E-state index contributed by atoms with van der Waals surface area (Å²) >= 11 is 3.28. The van der Waals surface area contributed by atoms with Crippen LogP contribution in [0, 0.1) is 5.92 Å². The molecule has 114 valence electrons. The van der Waals surface area contributed by atoms with Gasteiger partial charge in [-0.25, -0.2) is 4.98 Å². The van der Waals surface area contributed by atoms with Gasteiger partial charge in [-0.05, 0) is 37.1 Å². The van der Waals surface area contributed by atoms with Crippen molar-refractivity contribution in [2.45, 2.75) is 46.1 Å². The number of hydrogen-bond acceptors (Lipinski definition) is 4. The largest absolute Gasteiger partial charge is 0.353 e. The van der Waals surface area contributed by atoms with E-state index in [0.717, 1.165) is 28.4 Å². The first kappa shape index (κ1) is 16.2. The lowest BCUT2D eigenvalue weighted by molar-refractivity contribution is -0.121. The fraction of sp³-hybridized carbons (Fsp3) is 0.500. The number of rotatable bonds is 7. The number of thiazole rings is 1. The highest BCUT2D eigenvalue weighted by Crippen LogP contribution is 2.27. The van der Waals surface area contributed by atoms with Crippen molar-refractivity contribution < 1.29 is 4.79 Å². The fourth-order valence-corrected chi connectivity index (χ4v) is 3.68. The van der Waals surface area contributed by atoms with Crippen LogP contribution in [0.15, 0.2) is 22.9 Å². The fourth-order valence-electron chi connectivity index (χ4n) is 2.05. The van der Waals surface area contributed by atoms with Gasteiger partial charge in [-0.15, -0.1) is 22.7 Å². The molecule has 2 heterocycles. The van der Waals surface area contributed by atoms with Crippen molar-refractivity contribution in [2.24, 2.45) is 5.92 Å². The molecule has 2 rings (SSSR count). The normalized spacial score (nSPS) is 12.6. The summed E-state index contributed by atoms with van der Waals surface area (Å²) in [4.78, 5) is 17.7. The zero-order valence-corrected chi connectivity index (χ0v) is 14.4. The number of aromatic nitrogens is 1. The van der Waals surface area contributed by atoms with E-state index in [2.05, 4.69) is 37.1 Å². The van der Waals surface area contributed by atoms with E-state index in [4.69, 9.17) is 0 Å². The van der Waals surface area contributed by atoms with Crippen molar-refractivity contribution >= 4 is 28.6 Å². The van der Waals surface area contributed by atoms with Crippen molar-refractivity contribution in [3.05, 3.63) is 28.6 Å². The minimum Gasteiger partial charge on any atom is -0.353 e. The number of carbonyl (C=O) groups excluding carboxylic acids is 1. The highest BCUT2D eigenvalue weighted by molar-refractivity contribution is 7.20. The van der Waals surface area contributed by atoms with Crippen LogP contribution in [-0.4, -0.2) is 16.9 Å². The average Bonchev–Trinajstić information content (AvgIpc) is 3.06. The van der Waals surface area contributed by atoms with Crippen LogP contribution in [0.5, 0.6) is 0 Å². The van der Waals surface area contributed by atoms with Crippen molar-refractivity contribution in [1.29, 1.82) is 0 Å². The van der Waals surface area contributed by atoms with Crippen molar-refractivity contribution in [3.63, 3.8) is 0 Å². The van der Waals surface area contributed by atoms with Gasteiger partial charge in [0.2, 0.25) is 5.91 Å². The van der Waals surface area contributed by atoms with Crippen LogP contribution in [0.3, 0.4) is 0 Å². The lowest BCUT2D eigenvalue weighted by atomic mass is 10.0. The molecule has 0 saturated heterocycles. The Morgan fingerprint density at radius 1 is 1.29 bits per heavy atom. The van der Waals surface area contributed by atoms with E-state index >= 15 is 0 Å². The van der Waals surface area contributed by atoms with Crippen LogP contribution in [0.2, 0.25) is 0 Å². The van der Waals surface area contributed by atoms with Gasteiger partial charge in [-0.1, -0.05) is 19.9 Å². The first-order valence-electron chi connectivity index (χ1n) is 7.32. The molecule has 0 spiro atoms. The van der Waals surface area contributed by atoms with E-state index in [9.17, 15) is 4.79 Å². The first-order valence-corrected chi connectivity index (χ1v) is 9.08. The number of carbonyl (C=O) groups is 1. The van der Waals surface area contributed by atoms with Crippen molar-refractivity contribution in [3.8, 4) is 9.88 Å². The quantitative estimate of drug-likeness (QED) is 0.823. The average molecular weight is 322 g/mol. The number of amides is 1. The minimum absolute atomic E-state index is 0.0642. The van der Waals surface area contributed by atoms with Gasteiger partial charge in [0, 0.05) is 11.4 Å². The van der Waals surface area contributed by atoms with Crippen LogP contribution in [0.25, 0.3) is 9.88 Å². The Morgan fingerprint density at radius 3 is 2.76 bits per heavy atom. The Kier molecular flexibility index (Phi) is 5.94. The van der Waals surface area contributed by atoms with Gasteiger partial charge in [0.15, 0.2) is 0 Å². The standard InChI is InChI=1S/C16H22N2OS2/c1-11(2)6-7-12(3)17-15(19)9-13-10-21-16(18-13)14-5-4-8-20-14/h4-5,8,10-12H,6-7,9H2,1-3H3,(H,17,19). The maximum atomic E-state index is 12.0. The van der Waals surface area contributed by atoms with E-state index in [1.807, 2.05) is 16.8 Å². The number of hydrogen-bond donors (Lipinski definition) is 1. The third kappa shape index (κ3) is 5.25. The molecule has 1 atom stereocenters. The first-order chi connectivity index (χ1) is 10.0. The minimum atomic E-state index is 0.0642. The summed E-state index contributed by atoms with van der Waals surface area (Å²) in [6.07, 6.45) is 2.54. The Bertz CT molecular complexity index is 561. The van der Waals surface area contributed by atoms with Gasteiger partial charge in [0.1, 0.15) is 5.01 Å². The Hall–Kier alpha value is -1.20. The molecule has 21 heavy (non-hydrogen) atoms. The predicted molar refractivity (Wildman–Crippen MR) is 90.8 cm³/mol. The molecule has 2 aromatic rings. The van der Waals surface area contributed by atoms with E-state index in [0.29, 0.717) is 12.3 Å². The molecule has 1 amide bonds. The van der Waals surface area contributed by atoms with Gasteiger partial charge in [-0.2, -0.15) is 0 Å². The molecule has 1 N–H and O–H groups in total. The Balaban J connectivity index is 1.83. The summed E-state index contributed by atoms with van der Waals surface area (Å²) in [6, 6.07) is 4.31. The highest BCUT2D eigenvalue weighted by atomic mass is 32.1. The van der Waals surface area contributed by atoms with E-state index < -0.39 is 0 Å². The second kappa shape index (κ2) is 7.71. The molecule has 1 unspecified atom stereocenters. The summed E-state index contributed by atoms with van der Waals surface area (Å²) < 4.78 is 0. The van der Waals surface area contributed by atoms with Crippen LogP contribution < -0.4 is 5.32 Å². The van der Waals surface area contributed by atoms with E-state index in [-0.39, 0.29) is 11.9 Å². The summed E-state index contributed by atoms with van der Waals surface area (Å²) in [7, 11) is 0. The molecule has 0 aliphatic rings. The number of nitrogens with zero attached hydrogens (tertiary/aromatic N) is 1. The molecule has 3 nitrogen and oxygen atoms in total. The van der Waals surface area contributed by atoms with Gasteiger partial charge >= 0.3 is 0 Å². The SMILES string of the molecule is CC(C)CCC(C)NC(=O)Cc1csc(-c2cccs2)n1. The summed E-state index contributed by atoms with van der Waals surface area (Å²) in [6.45, 7) is 6.48. The van der Waals surface area contributed by atoms with Crippen LogP contribution in [0.4, 0.5) is 0 Å². The van der Waals surface area contributed by atoms with E-state index in [1.165, 1.54) is 0 Å². The van der Waals surface area contributed by atoms with Crippen LogP contribution in [0.1, 0.15) is 39.3 Å². The molecule has 5 heteroatoms. The monoisotopic (exact) mass is 322 g/mol. The predicted octanol–water partition coefficient (Wildman–Crippen LogP) is 4.36. The van der Waals surface area contributed by atoms with Crippen LogP contribution >= 0.6 is 22.7 Å². The van der Waals surface area contributed by atoms with Gasteiger partial charge in [0.05, 0.1) is 17.0 Å². The molecular formula is C16H22N2OS2. The molecule has 0 saturated carbocycles. The van der Waals surface area contributed by atoms with E-state index in [1.54, 1.807) is 22.7 Å². The van der Waals surface area contributed by atoms with Gasteiger partial charge in [0.25, 0.3) is 0 Å². The zero-order chi connectivity index (χ0) is 15.2. The summed E-state index contributed by atoms with van der Waals surface area (Å²) in [5.41, 5.74) is 0.858. The third-order valence-electron chi connectivity index (χ3n) is 3.21. The lowest BCUT2D eigenvalue weighted by Crippen LogP contribution is -2.33. The summed E-state index contributed by atoms with van der Waals surface area (Å²) in [5, 5.41) is 8.08. The molecule has 0 bridgehead atoms. The second-order valence-electron chi connectivity index (χ2n) is 5.74. The zero-order valence-electron chi connectivity index (χ0n) is 12.8.